The Bertz CT molecular complexity index is 759. The Labute approximate surface area is 141 Å². The first-order valence-electron chi connectivity index (χ1n) is 7.78. The number of hydrogen-bond acceptors (Lipinski definition) is 3. The van der Waals surface area contributed by atoms with Crippen LogP contribution in [-0.2, 0) is 11.3 Å². The molecule has 1 amide bonds. The molecule has 24 heavy (non-hydrogen) atoms. The molecule has 0 aliphatic rings. The molecule has 2 N–H and O–H groups in total. The summed E-state index contributed by atoms with van der Waals surface area (Å²) in [7, 11) is 1.93. The molecule has 126 valence electrons. The van der Waals surface area contributed by atoms with E-state index in [2.05, 4.69) is 5.32 Å². The second-order valence-corrected chi connectivity index (χ2v) is 6.01. The van der Waals surface area contributed by atoms with Gasteiger partial charge in [-0.25, -0.2) is 0 Å². The molecule has 0 radical (unpaired) electrons. The molecule has 0 heterocycles. The van der Waals surface area contributed by atoms with Crippen LogP contribution >= 0.6 is 0 Å². The highest BCUT2D eigenvalue weighted by molar-refractivity contribution is 5.94. The van der Waals surface area contributed by atoms with Crippen LogP contribution in [0.3, 0.4) is 0 Å². The Hall–Kier alpha value is -2.73. The predicted octanol–water partition coefficient (Wildman–Crippen LogP) is 1.87. The van der Waals surface area contributed by atoms with Crippen molar-refractivity contribution in [2.75, 3.05) is 18.9 Å². The van der Waals surface area contributed by atoms with Crippen molar-refractivity contribution in [1.82, 2.24) is 0 Å². The fourth-order valence-corrected chi connectivity index (χ4v) is 2.62. The van der Waals surface area contributed by atoms with Crippen molar-refractivity contribution in [1.29, 1.82) is 0 Å². The third-order valence-corrected chi connectivity index (χ3v) is 3.93. The average molecular weight is 328 g/mol. The number of likely N-dealkylation sites (N-methyl/N-ethyl adjacent to an activating group) is 1. The highest BCUT2D eigenvalue weighted by Gasteiger charge is 2.19. The van der Waals surface area contributed by atoms with Crippen molar-refractivity contribution in [3.8, 4) is 0 Å². The van der Waals surface area contributed by atoms with Gasteiger partial charge in [-0.3, -0.25) is 14.9 Å². The van der Waals surface area contributed by atoms with Gasteiger partial charge in [0.1, 0.15) is 12.2 Å². The van der Waals surface area contributed by atoms with Gasteiger partial charge in [0.25, 0.3) is 11.6 Å². The number of quaternary nitrogens is 1. The SMILES string of the molecule is Cc1ccccc1C[NH+](C)CC(=O)Nc1c(C)cccc1[N+](=O)[O-]. The molecular weight excluding hydrogens is 306 g/mol. The van der Waals surface area contributed by atoms with Crippen LogP contribution in [0.25, 0.3) is 0 Å². The summed E-state index contributed by atoms with van der Waals surface area (Å²) >= 11 is 0. The van der Waals surface area contributed by atoms with Gasteiger partial charge in [-0.05, 0) is 25.0 Å². The van der Waals surface area contributed by atoms with Gasteiger partial charge in [0.05, 0.1) is 12.0 Å². The van der Waals surface area contributed by atoms with Gasteiger partial charge in [0.15, 0.2) is 6.54 Å². The minimum absolute atomic E-state index is 0.0834. The van der Waals surface area contributed by atoms with Gasteiger partial charge < -0.3 is 10.2 Å². The molecule has 0 aliphatic carbocycles. The summed E-state index contributed by atoms with van der Waals surface area (Å²) in [6, 6.07) is 12.8. The van der Waals surface area contributed by atoms with Gasteiger partial charge in [0.2, 0.25) is 0 Å². The second kappa shape index (κ2) is 7.70. The summed E-state index contributed by atoms with van der Waals surface area (Å²) in [6.45, 7) is 4.74. The number of nitrogens with one attached hydrogen (secondary N) is 2. The van der Waals surface area contributed by atoms with E-state index in [4.69, 9.17) is 0 Å². The minimum Gasteiger partial charge on any atom is -0.326 e. The molecule has 0 saturated carbocycles. The number of carbonyl (C=O) groups excluding carboxylic acids is 1. The number of nitro groups is 1. The Morgan fingerprint density at radius 1 is 1.12 bits per heavy atom. The van der Waals surface area contributed by atoms with Crippen LogP contribution in [0.1, 0.15) is 16.7 Å². The fourth-order valence-electron chi connectivity index (χ4n) is 2.62. The zero-order valence-corrected chi connectivity index (χ0v) is 14.1. The number of hydrogen-bond donors (Lipinski definition) is 2. The highest BCUT2D eigenvalue weighted by Crippen LogP contribution is 2.27. The van der Waals surface area contributed by atoms with Gasteiger partial charge in [-0.15, -0.1) is 0 Å². The Morgan fingerprint density at radius 2 is 1.79 bits per heavy atom. The lowest BCUT2D eigenvalue weighted by Crippen LogP contribution is -3.08. The van der Waals surface area contributed by atoms with Crippen molar-refractivity contribution in [3.63, 3.8) is 0 Å². The standard InChI is InChI=1S/C18H21N3O3/c1-13-7-4-5-9-15(13)11-20(3)12-17(22)19-18-14(2)8-6-10-16(18)21(23)24/h4-10H,11-12H2,1-3H3,(H,19,22)/p+1. The minimum atomic E-state index is -0.480. The molecular formula is C18H22N3O3+. The first-order chi connectivity index (χ1) is 11.4. The van der Waals surface area contributed by atoms with Crippen LogP contribution in [0.15, 0.2) is 42.5 Å². The maximum absolute atomic E-state index is 12.3. The van der Waals surface area contributed by atoms with Crippen LogP contribution in [0.2, 0.25) is 0 Å². The zero-order chi connectivity index (χ0) is 17.7. The number of para-hydroxylation sites is 1. The molecule has 1 unspecified atom stereocenters. The molecule has 6 nitrogen and oxygen atoms in total. The molecule has 0 spiro atoms. The lowest BCUT2D eigenvalue weighted by Gasteiger charge is -2.15. The molecule has 1 atom stereocenters. The third kappa shape index (κ3) is 4.39. The molecule has 6 heteroatoms. The van der Waals surface area contributed by atoms with E-state index < -0.39 is 4.92 Å². The quantitative estimate of drug-likeness (QED) is 0.628. The number of nitrogens with zero attached hydrogens (tertiary/aromatic N) is 1. The molecule has 2 aromatic carbocycles. The largest absolute Gasteiger partial charge is 0.326 e. The summed E-state index contributed by atoms with van der Waals surface area (Å²) < 4.78 is 0. The van der Waals surface area contributed by atoms with Gasteiger partial charge >= 0.3 is 0 Å². The summed E-state index contributed by atoms with van der Waals surface area (Å²) in [5.41, 5.74) is 3.24. The highest BCUT2D eigenvalue weighted by atomic mass is 16.6. The molecule has 0 aromatic heterocycles. The van der Waals surface area contributed by atoms with Gasteiger partial charge in [-0.1, -0.05) is 36.4 Å². The van der Waals surface area contributed by atoms with Crippen molar-refractivity contribution in [3.05, 3.63) is 69.3 Å². The average Bonchev–Trinajstić information content (AvgIpc) is 2.51. The van der Waals surface area contributed by atoms with E-state index in [0.717, 1.165) is 11.4 Å². The van der Waals surface area contributed by atoms with E-state index in [1.54, 1.807) is 19.1 Å². The Morgan fingerprint density at radius 3 is 2.46 bits per heavy atom. The van der Waals surface area contributed by atoms with Crippen molar-refractivity contribution in [2.24, 2.45) is 0 Å². The predicted molar refractivity (Wildman–Crippen MR) is 93.1 cm³/mol. The first kappa shape index (κ1) is 17.6. The number of amides is 1. The molecule has 2 rings (SSSR count). The molecule has 0 saturated heterocycles. The lowest BCUT2D eigenvalue weighted by molar-refractivity contribution is -0.885. The van der Waals surface area contributed by atoms with E-state index in [1.807, 2.05) is 38.2 Å². The first-order valence-corrected chi connectivity index (χ1v) is 7.78. The fraction of sp³-hybridized carbons (Fsp3) is 0.278. The monoisotopic (exact) mass is 328 g/mol. The van der Waals surface area contributed by atoms with Crippen LogP contribution in [0.4, 0.5) is 11.4 Å². The summed E-state index contributed by atoms with van der Waals surface area (Å²) in [4.78, 5) is 23.9. The molecule has 0 fully saturated rings. The van der Waals surface area contributed by atoms with Crippen LogP contribution in [-0.4, -0.2) is 24.4 Å². The summed E-state index contributed by atoms with van der Waals surface area (Å²) in [5.74, 6) is -0.238. The van der Waals surface area contributed by atoms with Crippen LogP contribution in [0.5, 0.6) is 0 Å². The van der Waals surface area contributed by atoms with Gasteiger partial charge in [-0.2, -0.15) is 0 Å². The van der Waals surface area contributed by atoms with Crippen molar-refractivity contribution >= 4 is 17.3 Å². The Balaban J connectivity index is 2.04. The number of carbonyl (C=O) groups is 1. The van der Waals surface area contributed by atoms with Crippen molar-refractivity contribution in [2.45, 2.75) is 20.4 Å². The number of benzene rings is 2. The van der Waals surface area contributed by atoms with E-state index >= 15 is 0 Å². The third-order valence-electron chi connectivity index (χ3n) is 3.93. The van der Waals surface area contributed by atoms with E-state index in [1.165, 1.54) is 17.2 Å². The smallest absolute Gasteiger partial charge is 0.293 e. The molecule has 0 bridgehead atoms. The number of aryl methyl sites for hydroxylation is 2. The van der Waals surface area contributed by atoms with E-state index in [0.29, 0.717) is 5.56 Å². The van der Waals surface area contributed by atoms with E-state index in [-0.39, 0.29) is 23.8 Å². The summed E-state index contributed by atoms with van der Waals surface area (Å²) in [6.07, 6.45) is 0. The Kier molecular flexibility index (Phi) is 5.65. The second-order valence-electron chi connectivity index (χ2n) is 6.01. The molecule has 0 aliphatic heterocycles. The summed E-state index contributed by atoms with van der Waals surface area (Å²) in [5, 5.41) is 13.8. The number of rotatable bonds is 6. The topological polar surface area (TPSA) is 76.7 Å². The zero-order valence-electron chi connectivity index (χ0n) is 14.1. The lowest BCUT2D eigenvalue weighted by atomic mass is 10.1. The van der Waals surface area contributed by atoms with E-state index in [9.17, 15) is 14.9 Å². The number of anilines is 1. The van der Waals surface area contributed by atoms with Crippen molar-refractivity contribution < 1.29 is 14.6 Å². The molecule has 2 aromatic rings. The maximum Gasteiger partial charge on any atom is 0.293 e. The maximum atomic E-state index is 12.3. The van der Waals surface area contributed by atoms with Gasteiger partial charge in [0, 0.05) is 11.6 Å². The van der Waals surface area contributed by atoms with Crippen LogP contribution < -0.4 is 10.2 Å². The van der Waals surface area contributed by atoms with Crippen LogP contribution in [0, 0.1) is 24.0 Å². The normalized spacial score (nSPS) is 11.8. The number of nitro benzene ring substituents is 1.